The van der Waals surface area contributed by atoms with Gasteiger partial charge in [-0.2, -0.15) is 0 Å². The number of ether oxygens (including phenoxy) is 1. The largest absolute Gasteiger partial charge is 0.496 e. The molecule has 28 heavy (non-hydrogen) atoms. The van der Waals surface area contributed by atoms with E-state index >= 15 is 0 Å². The molecule has 0 aliphatic carbocycles. The van der Waals surface area contributed by atoms with Gasteiger partial charge in [0.05, 0.1) is 12.5 Å². The van der Waals surface area contributed by atoms with Crippen molar-refractivity contribution in [1.29, 1.82) is 0 Å². The van der Waals surface area contributed by atoms with E-state index in [0.717, 1.165) is 45.9 Å². The molecule has 2 aromatic heterocycles. The van der Waals surface area contributed by atoms with Crippen molar-refractivity contribution in [2.45, 2.75) is 46.1 Å². The van der Waals surface area contributed by atoms with Crippen LogP contribution < -0.4 is 16.0 Å². The van der Waals surface area contributed by atoms with E-state index < -0.39 is 0 Å². The highest BCUT2D eigenvalue weighted by Crippen LogP contribution is 2.33. The molecule has 0 atom stereocenters. The number of thiophene rings is 1. The Morgan fingerprint density at radius 2 is 2.14 bits per heavy atom. The van der Waals surface area contributed by atoms with Crippen molar-refractivity contribution in [3.05, 3.63) is 45.3 Å². The van der Waals surface area contributed by atoms with E-state index in [1.807, 2.05) is 30.5 Å². The van der Waals surface area contributed by atoms with Gasteiger partial charge in [0.25, 0.3) is 5.56 Å². The molecular formula is C21H25N3O3S. The maximum atomic E-state index is 13.4. The summed E-state index contributed by atoms with van der Waals surface area (Å²) in [6.07, 6.45) is 2.39. The summed E-state index contributed by atoms with van der Waals surface area (Å²) in [5.41, 5.74) is 8.06. The van der Waals surface area contributed by atoms with Gasteiger partial charge in [-0.15, -0.1) is 11.3 Å². The van der Waals surface area contributed by atoms with E-state index in [9.17, 15) is 9.59 Å². The smallest absolute Gasteiger partial charge is 0.262 e. The van der Waals surface area contributed by atoms with Crippen LogP contribution in [0.25, 0.3) is 21.3 Å². The summed E-state index contributed by atoms with van der Waals surface area (Å²) in [5.74, 6) is 1.23. The van der Waals surface area contributed by atoms with Gasteiger partial charge in [-0.1, -0.05) is 13.0 Å². The molecular weight excluding hydrogens is 374 g/mol. The second kappa shape index (κ2) is 8.56. The Labute approximate surface area is 168 Å². The molecule has 0 aliphatic heterocycles. The fourth-order valence-electron chi connectivity index (χ4n) is 3.38. The average molecular weight is 400 g/mol. The number of fused-ring (bicyclic) bond motifs is 1. The van der Waals surface area contributed by atoms with Crippen LogP contribution in [-0.4, -0.2) is 22.6 Å². The summed E-state index contributed by atoms with van der Waals surface area (Å²) in [6.45, 7) is 4.48. The van der Waals surface area contributed by atoms with Gasteiger partial charge in [-0.3, -0.25) is 14.2 Å². The molecule has 148 valence electrons. The van der Waals surface area contributed by atoms with Crippen LogP contribution in [0.3, 0.4) is 0 Å². The highest BCUT2D eigenvalue weighted by molar-refractivity contribution is 7.17. The van der Waals surface area contributed by atoms with Crippen molar-refractivity contribution in [1.82, 2.24) is 9.55 Å². The van der Waals surface area contributed by atoms with Gasteiger partial charge in [0.2, 0.25) is 5.91 Å². The monoisotopic (exact) mass is 399 g/mol. The minimum Gasteiger partial charge on any atom is -0.496 e. The number of rotatable bonds is 8. The van der Waals surface area contributed by atoms with E-state index in [4.69, 9.17) is 15.5 Å². The first-order chi connectivity index (χ1) is 13.5. The molecule has 3 rings (SSSR count). The van der Waals surface area contributed by atoms with E-state index in [1.54, 1.807) is 11.7 Å². The maximum Gasteiger partial charge on any atom is 0.262 e. The molecule has 0 radical (unpaired) electrons. The fourth-order valence-corrected chi connectivity index (χ4v) is 4.34. The van der Waals surface area contributed by atoms with E-state index in [0.29, 0.717) is 18.4 Å². The summed E-state index contributed by atoms with van der Waals surface area (Å²) < 4.78 is 7.05. The van der Waals surface area contributed by atoms with Crippen LogP contribution in [0.1, 0.15) is 37.6 Å². The predicted molar refractivity (Wildman–Crippen MR) is 113 cm³/mol. The first-order valence-corrected chi connectivity index (χ1v) is 10.3. The minimum atomic E-state index is -0.357. The number of aromatic nitrogens is 2. The molecule has 0 spiro atoms. The quantitative estimate of drug-likeness (QED) is 0.626. The maximum absolute atomic E-state index is 13.4. The Hall–Kier alpha value is -2.67. The normalized spacial score (nSPS) is 11.1. The molecule has 6 nitrogen and oxygen atoms in total. The molecule has 0 fully saturated rings. The van der Waals surface area contributed by atoms with Gasteiger partial charge in [0.15, 0.2) is 0 Å². The van der Waals surface area contributed by atoms with Crippen molar-refractivity contribution < 1.29 is 9.53 Å². The number of primary amides is 1. The predicted octanol–water partition coefficient (Wildman–Crippen LogP) is 3.66. The number of amides is 1. The highest BCUT2D eigenvalue weighted by atomic mass is 32.1. The van der Waals surface area contributed by atoms with Crippen molar-refractivity contribution in [2.24, 2.45) is 5.73 Å². The van der Waals surface area contributed by atoms with Crippen LogP contribution in [0, 0.1) is 6.92 Å². The minimum absolute atomic E-state index is 0.0531. The van der Waals surface area contributed by atoms with Crippen molar-refractivity contribution >= 4 is 27.5 Å². The Balaban J connectivity index is 2.12. The third-order valence-electron chi connectivity index (χ3n) is 4.76. The standard InChI is InChI=1S/C21H25N3O3S/c1-4-6-18-23-20-19(21(26)24(18)10-5-7-17(22)25)15(12-28-20)14-8-9-16(27-3)13(2)11-14/h8-9,11-12H,4-7,10H2,1-3H3,(H2,22,25). The number of aryl methyl sites for hydroxylation is 2. The number of carbonyl (C=O) groups is 1. The van der Waals surface area contributed by atoms with Crippen molar-refractivity contribution in [2.75, 3.05) is 7.11 Å². The zero-order chi connectivity index (χ0) is 20.3. The summed E-state index contributed by atoms with van der Waals surface area (Å²) >= 11 is 1.49. The molecule has 0 bridgehead atoms. The van der Waals surface area contributed by atoms with Gasteiger partial charge in [-0.25, -0.2) is 4.98 Å². The lowest BCUT2D eigenvalue weighted by Crippen LogP contribution is -2.26. The molecule has 0 saturated heterocycles. The van der Waals surface area contributed by atoms with E-state index in [2.05, 4.69) is 6.92 Å². The van der Waals surface area contributed by atoms with Gasteiger partial charge < -0.3 is 10.5 Å². The Morgan fingerprint density at radius 3 is 2.79 bits per heavy atom. The Morgan fingerprint density at radius 1 is 1.36 bits per heavy atom. The number of carbonyl (C=O) groups excluding carboxylic acids is 1. The number of methoxy groups -OCH3 is 1. The van der Waals surface area contributed by atoms with E-state index in [-0.39, 0.29) is 17.9 Å². The van der Waals surface area contributed by atoms with Gasteiger partial charge in [0, 0.05) is 30.3 Å². The van der Waals surface area contributed by atoms with Gasteiger partial charge in [-0.05, 0) is 43.0 Å². The van der Waals surface area contributed by atoms with Crippen LogP contribution in [0.15, 0.2) is 28.4 Å². The molecule has 7 heteroatoms. The first-order valence-electron chi connectivity index (χ1n) is 9.40. The Bertz CT molecular complexity index is 1070. The van der Waals surface area contributed by atoms with Crippen LogP contribution in [0.5, 0.6) is 5.75 Å². The zero-order valence-electron chi connectivity index (χ0n) is 16.4. The lowest BCUT2D eigenvalue weighted by atomic mass is 10.0. The molecule has 2 N–H and O–H groups in total. The number of hydrogen-bond donors (Lipinski definition) is 1. The molecule has 1 amide bonds. The molecule has 1 aromatic carbocycles. The fraction of sp³-hybridized carbons (Fsp3) is 0.381. The van der Waals surface area contributed by atoms with Crippen LogP contribution in [0.2, 0.25) is 0 Å². The second-order valence-corrected chi connectivity index (χ2v) is 7.68. The third kappa shape index (κ3) is 3.94. The third-order valence-corrected chi connectivity index (χ3v) is 5.63. The summed E-state index contributed by atoms with van der Waals surface area (Å²) in [5, 5.41) is 2.62. The molecule has 3 aromatic rings. The van der Waals surface area contributed by atoms with Crippen molar-refractivity contribution in [3.63, 3.8) is 0 Å². The molecule has 0 aliphatic rings. The average Bonchev–Trinajstić information content (AvgIpc) is 3.08. The van der Waals surface area contributed by atoms with Gasteiger partial charge >= 0.3 is 0 Å². The molecule has 0 unspecified atom stereocenters. The van der Waals surface area contributed by atoms with E-state index in [1.165, 1.54) is 11.3 Å². The lowest BCUT2D eigenvalue weighted by molar-refractivity contribution is -0.118. The van der Waals surface area contributed by atoms with Gasteiger partial charge in [0.1, 0.15) is 16.4 Å². The SMILES string of the molecule is CCCc1nc2scc(-c3ccc(OC)c(C)c3)c2c(=O)n1CCCC(N)=O. The zero-order valence-corrected chi connectivity index (χ0v) is 17.3. The molecule has 0 saturated carbocycles. The summed E-state index contributed by atoms with van der Waals surface area (Å²) in [4.78, 5) is 30.0. The number of nitrogens with two attached hydrogens (primary N) is 1. The number of hydrogen-bond acceptors (Lipinski definition) is 5. The topological polar surface area (TPSA) is 87.2 Å². The van der Waals surface area contributed by atoms with Crippen LogP contribution in [-0.2, 0) is 17.8 Å². The lowest BCUT2D eigenvalue weighted by Gasteiger charge is -2.12. The Kier molecular flexibility index (Phi) is 6.14. The number of benzene rings is 1. The summed E-state index contributed by atoms with van der Waals surface area (Å²) in [6, 6.07) is 5.90. The van der Waals surface area contributed by atoms with Crippen LogP contribution >= 0.6 is 11.3 Å². The summed E-state index contributed by atoms with van der Waals surface area (Å²) in [7, 11) is 1.64. The highest BCUT2D eigenvalue weighted by Gasteiger charge is 2.17. The number of nitrogens with zero attached hydrogens (tertiary/aromatic N) is 2. The molecule has 2 heterocycles. The van der Waals surface area contributed by atoms with Crippen LogP contribution in [0.4, 0.5) is 0 Å². The second-order valence-electron chi connectivity index (χ2n) is 6.82. The first kappa shape index (κ1) is 20.1. The van der Waals surface area contributed by atoms with Crippen molar-refractivity contribution in [3.8, 4) is 16.9 Å².